The summed E-state index contributed by atoms with van der Waals surface area (Å²) < 4.78 is 0. The van der Waals surface area contributed by atoms with Crippen molar-refractivity contribution in [3.63, 3.8) is 0 Å². The number of amides is 2. The number of imide groups is 1. The predicted octanol–water partition coefficient (Wildman–Crippen LogP) is 2.08. The fourth-order valence-electron chi connectivity index (χ4n) is 2.41. The highest BCUT2D eigenvalue weighted by Crippen LogP contribution is 2.33. The zero-order chi connectivity index (χ0) is 13.6. The lowest BCUT2D eigenvalue weighted by atomic mass is 9.94. The van der Waals surface area contributed by atoms with Crippen molar-refractivity contribution in [3.05, 3.63) is 46.5 Å². The number of aliphatic hydroxyl groups is 1. The average Bonchev–Trinajstić information content (AvgIpc) is 2.42. The van der Waals surface area contributed by atoms with Crippen LogP contribution in [-0.4, -0.2) is 35.0 Å². The van der Waals surface area contributed by atoms with Crippen LogP contribution in [0.15, 0.2) is 30.3 Å². The summed E-state index contributed by atoms with van der Waals surface area (Å²) in [6.45, 7) is -0.257. The SMILES string of the molecule is O=C1c2cccc3c(Cl)ccc(c23)C(=O)N1CCO. The molecule has 0 aromatic heterocycles. The molecular formula is C14H10ClNO3. The minimum absolute atomic E-state index is 0.00385. The third-order valence-electron chi connectivity index (χ3n) is 3.26. The van der Waals surface area contributed by atoms with Crippen LogP contribution in [0.1, 0.15) is 20.7 Å². The molecule has 1 aliphatic rings. The zero-order valence-electron chi connectivity index (χ0n) is 9.89. The number of hydrogen-bond acceptors (Lipinski definition) is 3. The van der Waals surface area contributed by atoms with Crippen molar-refractivity contribution in [2.24, 2.45) is 0 Å². The van der Waals surface area contributed by atoms with Crippen LogP contribution in [-0.2, 0) is 0 Å². The maximum absolute atomic E-state index is 12.3. The Morgan fingerprint density at radius 3 is 2.42 bits per heavy atom. The number of halogens is 1. The minimum Gasteiger partial charge on any atom is -0.395 e. The summed E-state index contributed by atoms with van der Waals surface area (Å²) in [5.41, 5.74) is 0.895. The van der Waals surface area contributed by atoms with Crippen molar-refractivity contribution >= 4 is 34.2 Å². The van der Waals surface area contributed by atoms with Gasteiger partial charge < -0.3 is 5.11 Å². The molecule has 1 heterocycles. The smallest absolute Gasteiger partial charge is 0.261 e. The van der Waals surface area contributed by atoms with E-state index in [2.05, 4.69) is 0 Å². The molecule has 96 valence electrons. The van der Waals surface area contributed by atoms with Gasteiger partial charge in [0.25, 0.3) is 11.8 Å². The first kappa shape index (κ1) is 12.1. The fourth-order valence-corrected chi connectivity index (χ4v) is 2.63. The molecule has 5 heteroatoms. The normalized spacial score (nSPS) is 14.3. The molecule has 2 aromatic carbocycles. The molecule has 0 saturated carbocycles. The second kappa shape index (κ2) is 4.33. The molecule has 0 fully saturated rings. The van der Waals surface area contributed by atoms with Gasteiger partial charge in [-0.15, -0.1) is 0 Å². The second-order valence-corrected chi connectivity index (χ2v) is 4.72. The van der Waals surface area contributed by atoms with Gasteiger partial charge in [-0.05, 0) is 18.2 Å². The van der Waals surface area contributed by atoms with Crippen molar-refractivity contribution in [3.8, 4) is 0 Å². The van der Waals surface area contributed by atoms with E-state index in [1.807, 2.05) is 0 Å². The average molecular weight is 276 g/mol. The van der Waals surface area contributed by atoms with Crippen LogP contribution in [0.4, 0.5) is 0 Å². The number of carbonyl (C=O) groups excluding carboxylic acids is 2. The summed E-state index contributed by atoms with van der Waals surface area (Å²) in [5.74, 6) is -0.779. The molecule has 2 aromatic rings. The van der Waals surface area contributed by atoms with Gasteiger partial charge in [0.05, 0.1) is 13.2 Å². The van der Waals surface area contributed by atoms with Crippen LogP contribution < -0.4 is 0 Å². The van der Waals surface area contributed by atoms with E-state index in [-0.39, 0.29) is 25.0 Å². The van der Waals surface area contributed by atoms with Crippen molar-refractivity contribution in [2.75, 3.05) is 13.2 Å². The summed E-state index contributed by atoms with van der Waals surface area (Å²) in [6, 6.07) is 8.45. The number of aliphatic hydroxyl groups excluding tert-OH is 1. The summed E-state index contributed by atoms with van der Waals surface area (Å²) >= 11 is 6.10. The van der Waals surface area contributed by atoms with E-state index >= 15 is 0 Å². The number of carbonyl (C=O) groups is 2. The Labute approximate surface area is 114 Å². The van der Waals surface area contributed by atoms with E-state index in [1.54, 1.807) is 30.3 Å². The van der Waals surface area contributed by atoms with Crippen LogP contribution in [0, 0.1) is 0 Å². The van der Waals surface area contributed by atoms with Crippen LogP contribution in [0.3, 0.4) is 0 Å². The second-order valence-electron chi connectivity index (χ2n) is 4.31. The van der Waals surface area contributed by atoms with E-state index < -0.39 is 0 Å². The standard InChI is InChI=1S/C14H10ClNO3/c15-11-5-4-10-12-8(11)2-1-3-9(12)13(18)16(6-7-17)14(10)19/h1-5,17H,6-7H2. The van der Waals surface area contributed by atoms with Gasteiger partial charge in [-0.1, -0.05) is 23.7 Å². The Balaban J connectivity index is 2.35. The highest BCUT2D eigenvalue weighted by molar-refractivity contribution is 6.38. The Kier molecular flexibility index (Phi) is 2.77. The van der Waals surface area contributed by atoms with Gasteiger partial charge in [0, 0.05) is 26.9 Å². The lowest BCUT2D eigenvalue weighted by Gasteiger charge is -2.26. The van der Waals surface area contributed by atoms with Crippen LogP contribution in [0.5, 0.6) is 0 Å². The van der Waals surface area contributed by atoms with Crippen LogP contribution in [0.2, 0.25) is 5.02 Å². The Bertz CT molecular complexity index is 689. The minimum atomic E-state index is -0.389. The summed E-state index contributed by atoms with van der Waals surface area (Å²) in [5, 5.41) is 10.8. The Morgan fingerprint density at radius 1 is 1.05 bits per heavy atom. The van der Waals surface area contributed by atoms with Crippen molar-refractivity contribution < 1.29 is 14.7 Å². The van der Waals surface area contributed by atoms with Crippen molar-refractivity contribution in [1.82, 2.24) is 4.90 Å². The Hall–Kier alpha value is -1.91. The lowest BCUT2D eigenvalue weighted by Crippen LogP contribution is -2.41. The molecule has 1 N–H and O–H groups in total. The fraction of sp³-hybridized carbons (Fsp3) is 0.143. The number of nitrogens with zero attached hydrogens (tertiary/aromatic N) is 1. The molecule has 0 spiro atoms. The molecule has 4 nitrogen and oxygen atoms in total. The van der Waals surface area contributed by atoms with Gasteiger partial charge in [-0.2, -0.15) is 0 Å². The maximum atomic E-state index is 12.3. The van der Waals surface area contributed by atoms with E-state index in [0.29, 0.717) is 26.9 Å². The summed E-state index contributed by atoms with van der Waals surface area (Å²) in [7, 11) is 0. The molecule has 0 unspecified atom stereocenters. The van der Waals surface area contributed by atoms with E-state index in [9.17, 15) is 9.59 Å². The monoisotopic (exact) mass is 275 g/mol. The van der Waals surface area contributed by atoms with Gasteiger partial charge in [-0.3, -0.25) is 14.5 Å². The number of benzene rings is 2. The largest absolute Gasteiger partial charge is 0.395 e. The number of rotatable bonds is 2. The lowest BCUT2D eigenvalue weighted by molar-refractivity contribution is 0.0580. The van der Waals surface area contributed by atoms with Gasteiger partial charge in [0.15, 0.2) is 0 Å². The van der Waals surface area contributed by atoms with Gasteiger partial charge >= 0.3 is 0 Å². The van der Waals surface area contributed by atoms with Crippen molar-refractivity contribution in [2.45, 2.75) is 0 Å². The molecule has 0 atom stereocenters. The topological polar surface area (TPSA) is 57.6 Å². The first-order valence-electron chi connectivity index (χ1n) is 5.83. The molecule has 0 saturated heterocycles. The van der Waals surface area contributed by atoms with Crippen molar-refractivity contribution in [1.29, 1.82) is 0 Å². The maximum Gasteiger partial charge on any atom is 0.261 e. The third-order valence-corrected chi connectivity index (χ3v) is 3.59. The Morgan fingerprint density at radius 2 is 1.74 bits per heavy atom. The molecule has 0 bridgehead atoms. The zero-order valence-corrected chi connectivity index (χ0v) is 10.6. The summed E-state index contributed by atoms with van der Waals surface area (Å²) in [6.07, 6.45) is 0. The third kappa shape index (κ3) is 1.64. The highest BCUT2D eigenvalue weighted by Gasteiger charge is 2.32. The molecule has 3 rings (SSSR count). The first-order chi connectivity index (χ1) is 9.15. The van der Waals surface area contributed by atoms with Crippen LogP contribution in [0.25, 0.3) is 10.8 Å². The van der Waals surface area contributed by atoms with Crippen LogP contribution >= 0.6 is 11.6 Å². The molecular weight excluding hydrogens is 266 g/mol. The first-order valence-corrected chi connectivity index (χ1v) is 6.21. The molecule has 0 aliphatic carbocycles. The number of β-amino-alcohol motifs (C(OH)–C–C–N with tert-alkyl or cyclic N) is 1. The van der Waals surface area contributed by atoms with Gasteiger partial charge in [-0.25, -0.2) is 0 Å². The molecule has 0 radical (unpaired) electrons. The molecule has 19 heavy (non-hydrogen) atoms. The quantitative estimate of drug-likeness (QED) is 0.854. The highest BCUT2D eigenvalue weighted by atomic mass is 35.5. The van der Waals surface area contributed by atoms with Gasteiger partial charge in [0.2, 0.25) is 0 Å². The van der Waals surface area contributed by atoms with Gasteiger partial charge in [0.1, 0.15) is 0 Å². The molecule has 2 amide bonds. The van der Waals surface area contributed by atoms with E-state index in [1.165, 1.54) is 0 Å². The summed E-state index contributed by atoms with van der Waals surface area (Å²) in [4.78, 5) is 25.6. The van der Waals surface area contributed by atoms with E-state index in [0.717, 1.165) is 4.90 Å². The number of hydrogen-bond donors (Lipinski definition) is 1. The predicted molar refractivity (Wildman–Crippen MR) is 71.4 cm³/mol. The van der Waals surface area contributed by atoms with E-state index in [4.69, 9.17) is 16.7 Å². The molecule has 1 aliphatic heterocycles.